The summed E-state index contributed by atoms with van der Waals surface area (Å²) in [5.41, 5.74) is 0. The van der Waals surface area contributed by atoms with Crippen molar-refractivity contribution in [1.82, 2.24) is 20.4 Å². The number of nitrogens with one attached hydrogen (secondary N) is 2. The Balaban J connectivity index is 1.27. The summed E-state index contributed by atoms with van der Waals surface area (Å²) in [6.45, 7) is 3.10. The van der Waals surface area contributed by atoms with Crippen LogP contribution in [0.2, 0.25) is 0 Å². The fourth-order valence-electron chi connectivity index (χ4n) is 7.38. The Labute approximate surface area is 185 Å². The minimum atomic E-state index is -0.249. The zero-order valence-electron chi connectivity index (χ0n) is 18.3. The largest absolute Gasteiger partial charge is 0.368 e. The quantitative estimate of drug-likeness (QED) is 0.635. The number of carbonyl (C=O) groups excluding carboxylic acids is 1. The maximum Gasteiger partial charge on any atom is 0.237 e. The number of nitrogens with zero attached hydrogens (tertiary/aromatic N) is 4. The van der Waals surface area contributed by atoms with Crippen LogP contribution in [-0.2, 0) is 4.79 Å². The van der Waals surface area contributed by atoms with Crippen LogP contribution in [0.1, 0.15) is 51.4 Å². The highest BCUT2D eigenvalue weighted by atomic mass is 16.2. The lowest BCUT2D eigenvalue weighted by atomic mass is 9.52. The van der Waals surface area contributed by atoms with Crippen molar-refractivity contribution in [2.45, 2.75) is 69.5 Å². The normalized spacial score (nSPS) is 38.9. The van der Waals surface area contributed by atoms with Gasteiger partial charge in [-0.3, -0.25) is 4.79 Å². The van der Waals surface area contributed by atoms with Crippen LogP contribution in [-0.4, -0.2) is 60.0 Å². The van der Waals surface area contributed by atoms with Crippen LogP contribution < -0.4 is 10.6 Å². The monoisotopic (exact) mass is 422 g/mol. The molecule has 0 spiro atoms. The van der Waals surface area contributed by atoms with E-state index >= 15 is 0 Å². The van der Waals surface area contributed by atoms with Gasteiger partial charge >= 0.3 is 0 Å². The van der Waals surface area contributed by atoms with Crippen LogP contribution in [0, 0.1) is 46.3 Å². The standard InChI is InChI=1S/C24H34N6O/c25-6-5-21(29-7-1-2-8-29)28-24-18-11-16-10-17(13-18)23(20(24)12-16)27-15-22(31)30-9-3-4-19(30)14-26/h5,16-20,23-24,27-28H,1-4,7-13,15H2. The fourth-order valence-corrected chi connectivity index (χ4v) is 7.38. The summed E-state index contributed by atoms with van der Waals surface area (Å²) in [5.74, 6) is 3.71. The van der Waals surface area contributed by atoms with E-state index in [-0.39, 0.29) is 11.9 Å². The molecule has 0 aromatic rings. The zero-order chi connectivity index (χ0) is 21.4. The Kier molecular flexibility index (Phi) is 5.80. The molecule has 0 aromatic heterocycles. The number of allylic oxidation sites excluding steroid dienone is 1. The third kappa shape index (κ3) is 3.89. The van der Waals surface area contributed by atoms with Gasteiger partial charge in [0, 0.05) is 31.7 Å². The Morgan fingerprint density at radius 3 is 2.52 bits per heavy atom. The first-order valence-corrected chi connectivity index (χ1v) is 12.2. The Bertz CT molecular complexity index is 806. The van der Waals surface area contributed by atoms with E-state index in [0.29, 0.717) is 42.9 Å². The molecule has 31 heavy (non-hydrogen) atoms. The van der Waals surface area contributed by atoms with Gasteiger partial charge in [0.1, 0.15) is 11.9 Å². The van der Waals surface area contributed by atoms with Gasteiger partial charge in [-0.15, -0.1) is 0 Å². The number of hydrogen-bond acceptors (Lipinski definition) is 6. The third-order valence-electron chi connectivity index (χ3n) is 8.60. The molecule has 2 aliphatic heterocycles. The number of carbonyl (C=O) groups is 1. The first-order chi connectivity index (χ1) is 15.2. The third-order valence-corrected chi connectivity index (χ3v) is 8.60. The van der Waals surface area contributed by atoms with E-state index in [1.807, 2.05) is 0 Å². The molecule has 1 amide bonds. The van der Waals surface area contributed by atoms with Crippen LogP contribution in [0.25, 0.3) is 0 Å². The molecule has 7 atom stereocenters. The molecule has 4 saturated carbocycles. The van der Waals surface area contributed by atoms with Crippen molar-refractivity contribution in [2.75, 3.05) is 26.2 Å². The van der Waals surface area contributed by atoms with Gasteiger partial charge in [0.05, 0.1) is 24.8 Å². The number of hydrogen-bond donors (Lipinski definition) is 2. The minimum Gasteiger partial charge on any atom is -0.368 e. The molecule has 0 radical (unpaired) electrons. The van der Waals surface area contributed by atoms with Crippen LogP contribution >= 0.6 is 0 Å². The van der Waals surface area contributed by atoms with Crippen molar-refractivity contribution in [3.8, 4) is 12.1 Å². The van der Waals surface area contributed by atoms with Gasteiger partial charge in [0.2, 0.25) is 5.91 Å². The van der Waals surface area contributed by atoms with E-state index in [9.17, 15) is 15.3 Å². The summed E-state index contributed by atoms with van der Waals surface area (Å²) in [7, 11) is 0. The second kappa shape index (κ2) is 8.71. The lowest BCUT2D eigenvalue weighted by molar-refractivity contribution is -0.131. The van der Waals surface area contributed by atoms with Gasteiger partial charge in [-0.05, 0) is 75.0 Å². The molecule has 2 N–H and O–H groups in total. The van der Waals surface area contributed by atoms with E-state index in [4.69, 9.17) is 0 Å². The molecule has 6 fully saturated rings. The van der Waals surface area contributed by atoms with Gasteiger partial charge in [0.25, 0.3) is 0 Å². The van der Waals surface area contributed by atoms with E-state index < -0.39 is 0 Å². The molecule has 166 valence electrons. The van der Waals surface area contributed by atoms with Gasteiger partial charge in [-0.1, -0.05) is 0 Å². The molecule has 7 heteroatoms. The molecule has 6 aliphatic rings. The van der Waals surface area contributed by atoms with Crippen molar-refractivity contribution in [2.24, 2.45) is 23.7 Å². The van der Waals surface area contributed by atoms with Crippen LogP contribution in [0.15, 0.2) is 11.9 Å². The van der Waals surface area contributed by atoms with Crippen molar-refractivity contribution in [3.05, 3.63) is 11.9 Å². The molecule has 7 unspecified atom stereocenters. The zero-order valence-corrected chi connectivity index (χ0v) is 18.3. The molecule has 2 heterocycles. The SMILES string of the molecule is N#CC=C(NC1C2CC3CC(C2)C(NCC(=O)N2CCCC2C#N)C1C3)N1CCCC1. The summed E-state index contributed by atoms with van der Waals surface area (Å²) in [4.78, 5) is 16.9. The number of rotatable bonds is 6. The van der Waals surface area contributed by atoms with Crippen molar-refractivity contribution in [3.63, 3.8) is 0 Å². The highest BCUT2D eigenvalue weighted by Crippen LogP contribution is 2.54. The first kappa shape index (κ1) is 20.6. The Morgan fingerprint density at radius 2 is 1.77 bits per heavy atom. The summed E-state index contributed by atoms with van der Waals surface area (Å²) in [5, 5.41) is 26.1. The van der Waals surface area contributed by atoms with Gasteiger partial charge < -0.3 is 20.4 Å². The van der Waals surface area contributed by atoms with Crippen molar-refractivity contribution >= 4 is 5.91 Å². The highest BCUT2D eigenvalue weighted by Gasteiger charge is 2.53. The number of amides is 1. The van der Waals surface area contributed by atoms with Crippen LogP contribution in [0.3, 0.4) is 0 Å². The lowest BCUT2D eigenvalue weighted by Gasteiger charge is -2.59. The lowest BCUT2D eigenvalue weighted by Crippen LogP contribution is -2.65. The summed E-state index contributed by atoms with van der Waals surface area (Å²) >= 11 is 0. The van der Waals surface area contributed by atoms with E-state index in [0.717, 1.165) is 37.7 Å². The number of likely N-dealkylation sites (tertiary alicyclic amines) is 2. The van der Waals surface area contributed by atoms with Gasteiger partial charge in [-0.25, -0.2) is 0 Å². The van der Waals surface area contributed by atoms with Gasteiger partial charge in [0.15, 0.2) is 0 Å². The summed E-state index contributed by atoms with van der Waals surface area (Å²) < 4.78 is 0. The Hall–Kier alpha value is -2.25. The second-order valence-electron chi connectivity index (χ2n) is 10.3. The molecule has 2 saturated heterocycles. The smallest absolute Gasteiger partial charge is 0.237 e. The minimum absolute atomic E-state index is 0.0736. The predicted octanol–water partition coefficient (Wildman–Crippen LogP) is 1.94. The maximum atomic E-state index is 12.8. The summed E-state index contributed by atoms with van der Waals surface area (Å²) in [6.07, 6.45) is 10.8. The first-order valence-electron chi connectivity index (χ1n) is 12.2. The topological polar surface area (TPSA) is 95.2 Å². The Morgan fingerprint density at radius 1 is 1.00 bits per heavy atom. The second-order valence-corrected chi connectivity index (χ2v) is 10.3. The van der Waals surface area contributed by atoms with Crippen molar-refractivity contribution in [1.29, 1.82) is 10.5 Å². The van der Waals surface area contributed by atoms with Crippen molar-refractivity contribution < 1.29 is 4.79 Å². The molecule has 0 aromatic carbocycles. The molecule has 7 nitrogen and oxygen atoms in total. The average molecular weight is 423 g/mol. The molecular weight excluding hydrogens is 388 g/mol. The fraction of sp³-hybridized carbons (Fsp3) is 0.792. The van der Waals surface area contributed by atoms with E-state index in [1.165, 1.54) is 38.5 Å². The van der Waals surface area contributed by atoms with Crippen LogP contribution in [0.5, 0.6) is 0 Å². The highest BCUT2D eigenvalue weighted by molar-refractivity contribution is 5.79. The number of nitriles is 2. The van der Waals surface area contributed by atoms with E-state index in [2.05, 4.69) is 27.7 Å². The molecule has 4 bridgehead atoms. The molecule has 6 rings (SSSR count). The molecular formula is C24H34N6O. The summed E-state index contributed by atoms with van der Waals surface area (Å²) in [6, 6.07) is 5.01. The molecule has 4 aliphatic carbocycles. The van der Waals surface area contributed by atoms with E-state index in [1.54, 1.807) is 11.0 Å². The average Bonchev–Trinajstić information content (AvgIpc) is 3.46. The van der Waals surface area contributed by atoms with Gasteiger partial charge in [-0.2, -0.15) is 10.5 Å². The maximum absolute atomic E-state index is 12.8. The predicted molar refractivity (Wildman–Crippen MR) is 116 cm³/mol. The van der Waals surface area contributed by atoms with Crippen LogP contribution in [0.4, 0.5) is 0 Å².